The Hall–Kier alpha value is -2.08. The maximum Gasteiger partial charge on any atom is 0.265 e. The molecule has 0 aliphatic carbocycles. The van der Waals surface area contributed by atoms with E-state index < -0.39 is 12.5 Å². The minimum Gasteiger partial charge on any atom is -0.497 e. The minimum absolute atomic E-state index is 0.580. The molecular formula is C11H14N2O4. The van der Waals surface area contributed by atoms with E-state index >= 15 is 0 Å². The van der Waals surface area contributed by atoms with Crippen LogP contribution in [0.4, 0.5) is 0 Å². The normalized spacial score (nSPS) is 10.3. The van der Waals surface area contributed by atoms with Gasteiger partial charge in [-0.1, -0.05) is 0 Å². The van der Waals surface area contributed by atoms with Crippen LogP contribution in [0, 0.1) is 0 Å². The number of nitrogens with zero attached hydrogens (tertiary/aromatic N) is 1. The molecule has 1 aromatic rings. The molecule has 1 amide bonds. The fourth-order valence-corrected chi connectivity index (χ4v) is 1.15. The number of carbonyl (C=O) groups is 1. The molecule has 0 saturated carbocycles. The van der Waals surface area contributed by atoms with Gasteiger partial charge in [-0.05, 0) is 18.2 Å². The molecule has 0 unspecified atom stereocenters. The van der Waals surface area contributed by atoms with Gasteiger partial charge in [0.1, 0.15) is 18.1 Å². The van der Waals surface area contributed by atoms with Crippen LogP contribution in [-0.2, 0) is 4.79 Å². The molecule has 0 atom stereocenters. The fraction of sp³-hybridized carbons (Fsp3) is 0.273. The number of hydrogen-bond donors (Lipinski definition) is 2. The number of rotatable bonds is 5. The van der Waals surface area contributed by atoms with Crippen LogP contribution >= 0.6 is 0 Å². The summed E-state index contributed by atoms with van der Waals surface area (Å²) in [5, 5.41) is 12.2. The molecular weight excluding hydrogens is 224 g/mol. The van der Waals surface area contributed by atoms with Gasteiger partial charge < -0.3 is 14.6 Å². The Morgan fingerprint density at radius 2 is 2.24 bits per heavy atom. The number of aliphatic hydroxyl groups is 1. The van der Waals surface area contributed by atoms with Crippen LogP contribution in [0.25, 0.3) is 0 Å². The summed E-state index contributed by atoms with van der Waals surface area (Å²) in [5.74, 6) is 0.677. The highest BCUT2D eigenvalue weighted by molar-refractivity contribution is 5.86. The highest BCUT2D eigenvalue weighted by atomic mass is 16.5. The van der Waals surface area contributed by atoms with Crippen molar-refractivity contribution in [1.82, 2.24) is 5.43 Å². The van der Waals surface area contributed by atoms with Crippen molar-refractivity contribution in [3.63, 3.8) is 0 Å². The third-order valence-electron chi connectivity index (χ3n) is 1.97. The van der Waals surface area contributed by atoms with Crippen LogP contribution in [0.15, 0.2) is 23.3 Å². The molecule has 0 aliphatic rings. The Labute approximate surface area is 98.9 Å². The zero-order valence-corrected chi connectivity index (χ0v) is 9.64. The average Bonchev–Trinajstić information content (AvgIpc) is 2.38. The first kappa shape index (κ1) is 13.0. The van der Waals surface area contributed by atoms with Crippen LogP contribution in [0.5, 0.6) is 11.5 Å². The van der Waals surface area contributed by atoms with E-state index in [1.165, 1.54) is 13.3 Å². The molecule has 6 heteroatoms. The number of benzene rings is 1. The van der Waals surface area contributed by atoms with Crippen molar-refractivity contribution in [2.75, 3.05) is 20.8 Å². The molecule has 0 radical (unpaired) electrons. The van der Waals surface area contributed by atoms with Gasteiger partial charge in [0.25, 0.3) is 5.91 Å². The Morgan fingerprint density at radius 3 is 2.82 bits per heavy atom. The molecule has 0 spiro atoms. The second-order valence-corrected chi connectivity index (χ2v) is 3.06. The molecule has 1 aromatic carbocycles. The van der Waals surface area contributed by atoms with Crippen molar-refractivity contribution in [2.45, 2.75) is 0 Å². The number of ether oxygens (including phenoxy) is 2. The minimum atomic E-state index is -0.605. The predicted octanol–water partition coefficient (Wildman–Crippen LogP) is 0.146. The fourth-order valence-electron chi connectivity index (χ4n) is 1.15. The Bertz CT molecular complexity index is 418. The molecule has 0 aromatic heterocycles. The number of amides is 1. The molecule has 0 aliphatic heterocycles. The van der Waals surface area contributed by atoms with Crippen LogP contribution in [-0.4, -0.2) is 38.1 Å². The van der Waals surface area contributed by atoms with Crippen LogP contribution in [0.1, 0.15) is 5.56 Å². The molecule has 1 rings (SSSR count). The van der Waals surface area contributed by atoms with E-state index in [9.17, 15) is 4.79 Å². The Morgan fingerprint density at radius 1 is 1.47 bits per heavy atom. The Kier molecular flexibility index (Phi) is 4.96. The predicted molar refractivity (Wildman–Crippen MR) is 62.4 cm³/mol. The zero-order chi connectivity index (χ0) is 12.7. The van der Waals surface area contributed by atoms with Gasteiger partial charge in [-0.15, -0.1) is 0 Å². The highest BCUT2D eigenvalue weighted by Gasteiger charge is 2.02. The molecule has 17 heavy (non-hydrogen) atoms. The lowest BCUT2D eigenvalue weighted by molar-refractivity contribution is -0.123. The number of hydrogen-bond acceptors (Lipinski definition) is 5. The maximum absolute atomic E-state index is 10.7. The van der Waals surface area contributed by atoms with E-state index in [-0.39, 0.29) is 0 Å². The monoisotopic (exact) mass is 238 g/mol. The second-order valence-electron chi connectivity index (χ2n) is 3.06. The van der Waals surface area contributed by atoms with Crippen molar-refractivity contribution >= 4 is 12.1 Å². The van der Waals surface area contributed by atoms with Crippen LogP contribution in [0.2, 0.25) is 0 Å². The number of methoxy groups -OCH3 is 2. The average molecular weight is 238 g/mol. The second kappa shape index (κ2) is 6.49. The molecule has 0 fully saturated rings. The van der Waals surface area contributed by atoms with Gasteiger partial charge in [-0.2, -0.15) is 5.10 Å². The van der Waals surface area contributed by atoms with Gasteiger partial charge in [0.05, 0.1) is 20.4 Å². The Balaban J connectivity index is 2.83. The van der Waals surface area contributed by atoms with Crippen molar-refractivity contribution < 1.29 is 19.4 Å². The molecule has 0 heterocycles. The van der Waals surface area contributed by atoms with Crippen molar-refractivity contribution in [3.8, 4) is 11.5 Å². The molecule has 2 N–H and O–H groups in total. The summed E-state index contributed by atoms with van der Waals surface area (Å²) < 4.78 is 10.2. The number of carbonyl (C=O) groups excluding carboxylic acids is 1. The van der Waals surface area contributed by atoms with Crippen molar-refractivity contribution in [2.24, 2.45) is 5.10 Å². The van der Waals surface area contributed by atoms with Gasteiger partial charge in [-0.25, -0.2) is 5.43 Å². The van der Waals surface area contributed by atoms with E-state index in [1.807, 2.05) is 0 Å². The van der Waals surface area contributed by atoms with Gasteiger partial charge in [0, 0.05) is 5.56 Å². The zero-order valence-electron chi connectivity index (χ0n) is 9.64. The number of aliphatic hydroxyl groups excluding tert-OH is 1. The highest BCUT2D eigenvalue weighted by Crippen LogP contribution is 2.22. The van der Waals surface area contributed by atoms with Crippen molar-refractivity contribution in [1.29, 1.82) is 0 Å². The van der Waals surface area contributed by atoms with Crippen molar-refractivity contribution in [3.05, 3.63) is 23.8 Å². The first-order chi connectivity index (χ1) is 8.21. The third kappa shape index (κ3) is 3.76. The summed E-state index contributed by atoms with van der Waals surface area (Å²) in [4.78, 5) is 10.7. The quantitative estimate of drug-likeness (QED) is 0.565. The summed E-state index contributed by atoms with van der Waals surface area (Å²) in [5.41, 5.74) is 2.81. The lowest BCUT2D eigenvalue weighted by atomic mass is 10.2. The third-order valence-corrected chi connectivity index (χ3v) is 1.97. The number of nitrogens with one attached hydrogen (secondary N) is 1. The summed E-state index contributed by atoms with van der Waals surface area (Å²) in [6, 6.07) is 5.20. The van der Waals surface area contributed by atoms with E-state index in [1.54, 1.807) is 25.3 Å². The standard InChI is InChI=1S/C11H14N2O4/c1-16-9-3-4-10(17-2)8(5-9)6-12-13-11(15)7-14/h3-6,14H,7H2,1-2H3,(H,13,15)/b12-6+. The summed E-state index contributed by atoms with van der Waals surface area (Å²) >= 11 is 0. The van der Waals surface area contributed by atoms with E-state index in [0.717, 1.165) is 0 Å². The van der Waals surface area contributed by atoms with Gasteiger partial charge >= 0.3 is 0 Å². The lowest BCUT2D eigenvalue weighted by Gasteiger charge is -2.06. The van der Waals surface area contributed by atoms with Crippen LogP contribution < -0.4 is 14.9 Å². The van der Waals surface area contributed by atoms with Gasteiger partial charge in [-0.3, -0.25) is 4.79 Å². The van der Waals surface area contributed by atoms with Gasteiger partial charge in [0.2, 0.25) is 0 Å². The molecule has 0 bridgehead atoms. The number of hydrazone groups is 1. The largest absolute Gasteiger partial charge is 0.497 e. The molecule has 6 nitrogen and oxygen atoms in total. The summed E-state index contributed by atoms with van der Waals surface area (Å²) in [7, 11) is 3.09. The van der Waals surface area contributed by atoms with E-state index in [4.69, 9.17) is 14.6 Å². The van der Waals surface area contributed by atoms with Crippen LogP contribution in [0.3, 0.4) is 0 Å². The smallest absolute Gasteiger partial charge is 0.265 e. The SMILES string of the molecule is COc1ccc(OC)c(/C=N/NC(=O)CO)c1. The van der Waals surface area contributed by atoms with E-state index in [0.29, 0.717) is 17.1 Å². The molecule has 0 saturated heterocycles. The summed E-state index contributed by atoms with van der Waals surface area (Å²) in [6.45, 7) is -0.605. The maximum atomic E-state index is 10.7. The first-order valence-corrected chi connectivity index (χ1v) is 4.86. The topological polar surface area (TPSA) is 80.2 Å². The molecule has 92 valence electrons. The van der Waals surface area contributed by atoms with Gasteiger partial charge in [0.15, 0.2) is 0 Å². The lowest BCUT2D eigenvalue weighted by Crippen LogP contribution is -2.20. The summed E-state index contributed by atoms with van der Waals surface area (Å²) in [6.07, 6.45) is 1.41. The van der Waals surface area contributed by atoms with E-state index in [2.05, 4.69) is 10.5 Å². The first-order valence-electron chi connectivity index (χ1n) is 4.86.